The Morgan fingerprint density at radius 2 is 1.44 bits per heavy atom. The smallest absolute Gasteiger partial charge is 0.332 e. The zero-order valence-corrected chi connectivity index (χ0v) is 9.95. The van der Waals surface area contributed by atoms with Crippen LogP contribution >= 0.6 is 0 Å². The van der Waals surface area contributed by atoms with Gasteiger partial charge in [-0.3, -0.25) is 0 Å². The molecule has 0 aliphatic heterocycles. The van der Waals surface area contributed by atoms with Crippen LogP contribution in [0.1, 0.15) is 57.8 Å². The van der Waals surface area contributed by atoms with Crippen LogP contribution in [0.15, 0.2) is 0 Å². The van der Waals surface area contributed by atoms with Crippen molar-refractivity contribution in [2.24, 2.45) is 0 Å². The highest BCUT2D eigenvalue weighted by atomic mass is 16.6. The first-order valence-corrected chi connectivity index (χ1v) is 6.65. The molecule has 0 aromatic heterocycles. The fourth-order valence-electron chi connectivity index (χ4n) is 2.64. The first-order chi connectivity index (χ1) is 7.84. The third kappa shape index (κ3) is 3.78. The van der Waals surface area contributed by atoms with E-state index in [2.05, 4.69) is 0 Å². The zero-order valence-electron chi connectivity index (χ0n) is 9.95. The molecule has 2 rings (SSSR count). The minimum atomic E-state index is -0.168. The molecule has 16 heavy (non-hydrogen) atoms. The Morgan fingerprint density at radius 1 is 0.875 bits per heavy atom. The number of esters is 1. The van der Waals surface area contributed by atoms with E-state index in [1.54, 1.807) is 0 Å². The second kappa shape index (κ2) is 6.24. The maximum Gasteiger partial charge on any atom is 0.332 e. The Balaban J connectivity index is 1.59. The number of hydrogen-bond acceptors (Lipinski definition) is 3. The molecule has 0 saturated heterocycles. The zero-order chi connectivity index (χ0) is 11.2. The van der Waals surface area contributed by atoms with Crippen molar-refractivity contribution in [1.29, 1.82) is 0 Å². The third-order valence-corrected chi connectivity index (χ3v) is 3.59. The Morgan fingerprint density at radius 3 is 2.12 bits per heavy atom. The third-order valence-electron chi connectivity index (χ3n) is 3.59. The van der Waals surface area contributed by atoms with Gasteiger partial charge in [-0.15, -0.1) is 0 Å². The van der Waals surface area contributed by atoms with Crippen LogP contribution < -0.4 is 0 Å². The highest BCUT2D eigenvalue weighted by Gasteiger charge is 2.20. The predicted octanol–water partition coefficient (Wildman–Crippen LogP) is 2.82. The van der Waals surface area contributed by atoms with Crippen LogP contribution in [0.2, 0.25) is 0 Å². The first kappa shape index (κ1) is 11.9. The Hall–Kier alpha value is -0.570. The molecule has 2 aliphatic carbocycles. The van der Waals surface area contributed by atoms with Gasteiger partial charge in [-0.25, -0.2) is 4.79 Å². The number of hydrogen-bond donors (Lipinski definition) is 0. The van der Waals surface area contributed by atoms with Gasteiger partial charge in [0.2, 0.25) is 0 Å². The van der Waals surface area contributed by atoms with Gasteiger partial charge < -0.3 is 9.47 Å². The molecular weight excluding hydrogens is 204 g/mol. The molecule has 0 amide bonds. The van der Waals surface area contributed by atoms with E-state index in [-0.39, 0.29) is 18.7 Å². The van der Waals surface area contributed by atoms with Crippen LogP contribution in [0.5, 0.6) is 0 Å². The van der Waals surface area contributed by atoms with Gasteiger partial charge in [-0.05, 0) is 38.5 Å². The Bertz CT molecular complexity index is 215. The molecule has 0 atom stereocenters. The van der Waals surface area contributed by atoms with Gasteiger partial charge >= 0.3 is 5.97 Å². The van der Waals surface area contributed by atoms with Crippen molar-refractivity contribution in [3.63, 3.8) is 0 Å². The lowest BCUT2D eigenvalue weighted by atomic mass is 9.98. The van der Waals surface area contributed by atoms with E-state index in [1.165, 1.54) is 32.1 Å². The SMILES string of the molecule is O=C(COC1CCCC1)OC1CCCCC1. The lowest BCUT2D eigenvalue weighted by Crippen LogP contribution is -2.25. The van der Waals surface area contributed by atoms with E-state index < -0.39 is 0 Å². The fraction of sp³-hybridized carbons (Fsp3) is 0.923. The molecule has 0 aromatic carbocycles. The summed E-state index contributed by atoms with van der Waals surface area (Å²) in [7, 11) is 0. The maximum atomic E-state index is 11.5. The summed E-state index contributed by atoms with van der Waals surface area (Å²) in [5.74, 6) is -0.168. The van der Waals surface area contributed by atoms with E-state index in [1.807, 2.05) is 0 Å². The van der Waals surface area contributed by atoms with Crippen molar-refractivity contribution in [1.82, 2.24) is 0 Å². The average Bonchev–Trinajstić information content (AvgIpc) is 2.81. The molecule has 2 fully saturated rings. The van der Waals surface area contributed by atoms with Crippen LogP contribution in [0.25, 0.3) is 0 Å². The number of rotatable bonds is 4. The molecule has 2 aliphatic rings. The molecule has 0 unspecified atom stereocenters. The molecule has 92 valence electrons. The summed E-state index contributed by atoms with van der Waals surface area (Å²) in [4.78, 5) is 11.5. The summed E-state index contributed by atoms with van der Waals surface area (Å²) < 4.78 is 10.9. The molecule has 2 saturated carbocycles. The number of ether oxygens (including phenoxy) is 2. The van der Waals surface area contributed by atoms with Gasteiger partial charge in [0.15, 0.2) is 0 Å². The molecular formula is C13H22O3. The predicted molar refractivity (Wildman–Crippen MR) is 61.2 cm³/mol. The second-order valence-electron chi connectivity index (χ2n) is 4.97. The number of carbonyl (C=O) groups excluding carboxylic acids is 1. The van der Waals surface area contributed by atoms with Crippen molar-refractivity contribution in [2.75, 3.05) is 6.61 Å². The van der Waals surface area contributed by atoms with E-state index in [0.717, 1.165) is 25.7 Å². The van der Waals surface area contributed by atoms with E-state index in [9.17, 15) is 4.79 Å². The largest absolute Gasteiger partial charge is 0.461 e. The minimum Gasteiger partial charge on any atom is -0.461 e. The number of carbonyl (C=O) groups is 1. The summed E-state index contributed by atoms with van der Waals surface area (Å²) >= 11 is 0. The highest BCUT2D eigenvalue weighted by molar-refractivity contribution is 5.70. The van der Waals surface area contributed by atoms with Gasteiger partial charge in [-0.2, -0.15) is 0 Å². The highest BCUT2D eigenvalue weighted by Crippen LogP contribution is 2.22. The van der Waals surface area contributed by atoms with E-state index >= 15 is 0 Å². The molecule has 0 bridgehead atoms. The summed E-state index contributed by atoms with van der Waals surface area (Å²) in [6.45, 7) is 0.154. The van der Waals surface area contributed by atoms with Crippen molar-refractivity contribution in [3.8, 4) is 0 Å². The van der Waals surface area contributed by atoms with Crippen molar-refractivity contribution in [2.45, 2.75) is 70.0 Å². The minimum absolute atomic E-state index is 0.154. The molecule has 0 aromatic rings. The molecule has 3 nitrogen and oxygen atoms in total. The van der Waals surface area contributed by atoms with Crippen LogP contribution in [0.4, 0.5) is 0 Å². The van der Waals surface area contributed by atoms with E-state index in [4.69, 9.17) is 9.47 Å². The van der Waals surface area contributed by atoms with Gasteiger partial charge in [0.1, 0.15) is 12.7 Å². The standard InChI is InChI=1S/C13H22O3/c14-13(10-15-11-6-4-5-7-11)16-12-8-2-1-3-9-12/h11-12H,1-10H2. The molecule has 0 heterocycles. The van der Waals surface area contributed by atoms with Crippen LogP contribution in [0, 0.1) is 0 Å². The lowest BCUT2D eigenvalue weighted by Gasteiger charge is -2.22. The lowest BCUT2D eigenvalue weighted by molar-refractivity contribution is -0.157. The van der Waals surface area contributed by atoms with Crippen molar-refractivity contribution < 1.29 is 14.3 Å². The van der Waals surface area contributed by atoms with Crippen molar-refractivity contribution >= 4 is 5.97 Å². The monoisotopic (exact) mass is 226 g/mol. The fourth-order valence-corrected chi connectivity index (χ4v) is 2.64. The summed E-state index contributed by atoms with van der Waals surface area (Å²) in [5, 5.41) is 0. The first-order valence-electron chi connectivity index (χ1n) is 6.65. The summed E-state index contributed by atoms with van der Waals surface area (Å²) in [6.07, 6.45) is 10.9. The van der Waals surface area contributed by atoms with E-state index in [0.29, 0.717) is 6.10 Å². The molecule has 0 spiro atoms. The summed E-state index contributed by atoms with van der Waals surface area (Å²) in [5.41, 5.74) is 0. The Labute approximate surface area is 97.5 Å². The van der Waals surface area contributed by atoms with Gasteiger partial charge in [0.05, 0.1) is 6.10 Å². The topological polar surface area (TPSA) is 35.5 Å². The second-order valence-corrected chi connectivity index (χ2v) is 4.97. The summed E-state index contributed by atoms with van der Waals surface area (Å²) in [6, 6.07) is 0. The van der Waals surface area contributed by atoms with Crippen LogP contribution in [-0.4, -0.2) is 24.8 Å². The average molecular weight is 226 g/mol. The molecule has 0 radical (unpaired) electrons. The maximum absolute atomic E-state index is 11.5. The quantitative estimate of drug-likeness (QED) is 0.691. The van der Waals surface area contributed by atoms with Crippen LogP contribution in [-0.2, 0) is 14.3 Å². The molecule has 0 N–H and O–H groups in total. The van der Waals surface area contributed by atoms with Crippen LogP contribution in [0.3, 0.4) is 0 Å². The van der Waals surface area contributed by atoms with Crippen molar-refractivity contribution in [3.05, 3.63) is 0 Å². The normalized spacial score (nSPS) is 23.5. The van der Waals surface area contributed by atoms with Gasteiger partial charge in [0, 0.05) is 0 Å². The molecule has 3 heteroatoms. The Kier molecular flexibility index (Phi) is 4.64. The van der Waals surface area contributed by atoms with Gasteiger partial charge in [-0.1, -0.05) is 19.3 Å². The van der Waals surface area contributed by atoms with Gasteiger partial charge in [0.25, 0.3) is 0 Å².